The van der Waals surface area contributed by atoms with E-state index in [-0.39, 0.29) is 0 Å². The molecular formula is C17H14N2O. The van der Waals surface area contributed by atoms with Crippen molar-refractivity contribution in [3.8, 4) is 0 Å². The van der Waals surface area contributed by atoms with Gasteiger partial charge in [0.05, 0.1) is 5.71 Å². The van der Waals surface area contributed by atoms with Gasteiger partial charge in [-0.2, -0.15) is 0 Å². The lowest BCUT2D eigenvalue weighted by Gasteiger charge is -2.00. The van der Waals surface area contributed by atoms with Gasteiger partial charge >= 0.3 is 0 Å². The second-order valence-corrected chi connectivity index (χ2v) is 4.34. The normalized spacial score (nSPS) is 12.6. The Balaban J connectivity index is 2.34. The number of hydrogen-bond acceptors (Lipinski definition) is 3. The summed E-state index contributed by atoms with van der Waals surface area (Å²) >= 11 is 0. The van der Waals surface area contributed by atoms with Gasteiger partial charge in [-0.3, -0.25) is 9.98 Å². The molecule has 3 rings (SSSR count). The average Bonchev–Trinajstić information content (AvgIpc) is 2.87. The van der Waals surface area contributed by atoms with Crippen LogP contribution in [0.25, 0.3) is 22.1 Å². The molecule has 0 amide bonds. The highest BCUT2D eigenvalue weighted by molar-refractivity contribution is 6.18. The lowest BCUT2D eigenvalue weighted by molar-refractivity contribution is 0.667. The van der Waals surface area contributed by atoms with Crippen LogP contribution in [0.15, 0.2) is 70.9 Å². The molecule has 0 unspecified atom stereocenters. The van der Waals surface area contributed by atoms with Crippen LogP contribution in [0.3, 0.4) is 0 Å². The van der Waals surface area contributed by atoms with Crippen LogP contribution in [0.5, 0.6) is 0 Å². The summed E-state index contributed by atoms with van der Waals surface area (Å²) in [4.78, 5) is 8.77. The summed E-state index contributed by atoms with van der Waals surface area (Å²) in [5.41, 5.74) is 4.16. The molecule has 20 heavy (non-hydrogen) atoms. The van der Waals surface area contributed by atoms with E-state index in [0.29, 0.717) is 0 Å². The first-order valence-electron chi connectivity index (χ1n) is 6.43. The monoisotopic (exact) mass is 262 g/mol. The van der Waals surface area contributed by atoms with Gasteiger partial charge in [-0.05, 0) is 37.3 Å². The Kier molecular flexibility index (Phi) is 3.17. The zero-order chi connectivity index (χ0) is 13.9. The van der Waals surface area contributed by atoms with Gasteiger partial charge in [0.25, 0.3) is 0 Å². The molecule has 2 heterocycles. The Morgan fingerprint density at radius 3 is 3.00 bits per heavy atom. The van der Waals surface area contributed by atoms with E-state index in [1.807, 2.05) is 43.3 Å². The van der Waals surface area contributed by atoms with Gasteiger partial charge in [0.1, 0.15) is 11.1 Å². The van der Waals surface area contributed by atoms with Gasteiger partial charge in [-0.15, -0.1) is 0 Å². The summed E-state index contributed by atoms with van der Waals surface area (Å²) in [6, 6.07) is 9.76. The van der Waals surface area contributed by atoms with Crippen molar-refractivity contribution >= 4 is 27.8 Å². The molecule has 0 bridgehead atoms. The zero-order valence-corrected chi connectivity index (χ0v) is 11.2. The molecule has 0 saturated carbocycles. The number of furan rings is 1. The third-order valence-corrected chi connectivity index (χ3v) is 3.08. The summed E-state index contributed by atoms with van der Waals surface area (Å²) in [5, 5.41) is 0.994. The number of fused-ring (bicyclic) bond motifs is 3. The van der Waals surface area contributed by atoms with E-state index < -0.39 is 0 Å². The third kappa shape index (κ3) is 1.93. The summed E-state index contributed by atoms with van der Waals surface area (Å²) in [6.45, 7) is 5.76. The van der Waals surface area contributed by atoms with Crippen LogP contribution in [0.1, 0.15) is 12.5 Å². The van der Waals surface area contributed by atoms with Gasteiger partial charge in [0.2, 0.25) is 0 Å². The van der Waals surface area contributed by atoms with Crippen LogP contribution in [-0.4, -0.2) is 10.7 Å². The largest absolute Gasteiger partial charge is 0.454 e. The lowest BCUT2D eigenvalue weighted by Crippen LogP contribution is -1.95. The zero-order valence-electron chi connectivity index (χ0n) is 11.2. The van der Waals surface area contributed by atoms with E-state index in [9.17, 15) is 0 Å². The molecule has 0 spiro atoms. The summed E-state index contributed by atoms with van der Waals surface area (Å²) < 4.78 is 5.93. The molecule has 3 aromatic rings. The first-order chi connectivity index (χ1) is 9.85. The van der Waals surface area contributed by atoms with Crippen LogP contribution >= 0.6 is 0 Å². The van der Waals surface area contributed by atoms with Gasteiger partial charge in [0.15, 0.2) is 5.58 Å². The first kappa shape index (κ1) is 12.4. The standard InChI is InChI=1S/C17H14N2O/c1-3-10-18-14(4-2)12-7-5-8-13-16-15(20-17(12)13)9-6-11-19-16/h3-11H,2H2,1H3/b10-3-,18-14+. The molecule has 0 aliphatic rings. The predicted octanol–water partition coefficient (Wildman–Crippen LogP) is 4.49. The molecule has 0 radical (unpaired) electrons. The Labute approximate surface area is 117 Å². The summed E-state index contributed by atoms with van der Waals surface area (Å²) in [6.07, 6.45) is 7.13. The van der Waals surface area contributed by atoms with Gasteiger partial charge in [-0.25, -0.2) is 0 Å². The van der Waals surface area contributed by atoms with Crippen molar-refractivity contribution in [2.45, 2.75) is 6.92 Å². The maximum atomic E-state index is 5.93. The SMILES string of the molecule is C=C/C(=N\C=C/C)c1cccc2c1oc1cccnc12. The van der Waals surface area contributed by atoms with E-state index >= 15 is 0 Å². The molecule has 3 heteroatoms. The highest BCUT2D eigenvalue weighted by atomic mass is 16.3. The van der Waals surface area contributed by atoms with Crippen molar-refractivity contribution in [2.75, 3.05) is 0 Å². The van der Waals surface area contributed by atoms with Crippen LogP contribution < -0.4 is 0 Å². The number of pyridine rings is 1. The molecule has 0 aliphatic carbocycles. The minimum absolute atomic E-state index is 0.782. The maximum absolute atomic E-state index is 5.93. The highest BCUT2D eigenvalue weighted by Gasteiger charge is 2.13. The predicted molar refractivity (Wildman–Crippen MR) is 83.1 cm³/mol. The van der Waals surface area contributed by atoms with E-state index in [1.54, 1.807) is 18.5 Å². The van der Waals surface area contributed by atoms with Gasteiger partial charge < -0.3 is 4.42 Å². The van der Waals surface area contributed by atoms with Crippen LogP contribution in [0.4, 0.5) is 0 Å². The number of aliphatic imine (C=N–C) groups is 1. The smallest absolute Gasteiger partial charge is 0.153 e. The lowest BCUT2D eigenvalue weighted by atomic mass is 10.1. The van der Waals surface area contributed by atoms with Gasteiger partial charge in [0, 0.05) is 23.3 Å². The van der Waals surface area contributed by atoms with Crippen molar-refractivity contribution in [1.82, 2.24) is 4.98 Å². The average molecular weight is 262 g/mol. The number of hydrogen-bond donors (Lipinski definition) is 0. The molecule has 2 aromatic heterocycles. The fourth-order valence-corrected chi connectivity index (χ4v) is 2.21. The third-order valence-electron chi connectivity index (χ3n) is 3.08. The number of allylic oxidation sites excluding steroid dienone is 2. The van der Waals surface area contributed by atoms with Gasteiger partial charge in [-0.1, -0.05) is 18.7 Å². The molecule has 0 saturated heterocycles. The minimum Gasteiger partial charge on any atom is -0.454 e. The summed E-state index contributed by atoms with van der Waals surface area (Å²) in [7, 11) is 0. The number of para-hydroxylation sites is 1. The van der Waals surface area contributed by atoms with Crippen molar-refractivity contribution in [1.29, 1.82) is 0 Å². The number of benzene rings is 1. The maximum Gasteiger partial charge on any atom is 0.153 e. The van der Waals surface area contributed by atoms with Crippen LogP contribution in [-0.2, 0) is 0 Å². The minimum atomic E-state index is 0.782. The summed E-state index contributed by atoms with van der Waals surface area (Å²) in [5.74, 6) is 0. The van der Waals surface area contributed by atoms with Crippen LogP contribution in [0, 0.1) is 0 Å². The molecule has 0 fully saturated rings. The Morgan fingerprint density at radius 2 is 2.20 bits per heavy atom. The van der Waals surface area contributed by atoms with Crippen LogP contribution in [0.2, 0.25) is 0 Å². The van der Waals surface area contributed by atoms with E-state index in [0.717, 1.165) is 33.3 Å². The molecule has 1 aromatic carbocycles. The molecule has 0 atom stereocenters. The fourth-order valence-electron chi connectivity index (χ4n) is 2.21. The Morgan fingerprint density at radius 1 is 1.30 bits per heavy atom. The molecule has 3 nitrogen and oxygen atoms in total. The topological polar surface area (TPSA) is 38.4 Å². The fraction of sp³-hybridized carbons (Fsp3) is 0.0588. The quantitative estimate of drug-likeness (QED) is 0.652. The van der Waals surface area contributed by atoms with E-state index in [1.165, 1.54) is 0 Å². The second-order valence-electron chi connectivity index (χ2n) is 4.34. The van der Waals surface area contributed by atoms with Crippen molar-refractivity contribution in [3.05, 3.63) is 67.0 Å². The second kappa shape index (κ2) is 5.13. The Bertz CT molecular complexity index is 840. The van der Waals surface area contributed by atoms with Crippen molar-refractivity contribution < 1.29 is 4.42 Å². The van der Waals surface area contributed by atoms with Crippen molar-refractivity contribution in [2.24, 2.45) is 4.99 Å². The number of aromatic nitrogens is 1. The molecule has 0 aliphatic heterocycles. The number of rotatable bonds is 3. The molecule has 0 N–H and O–H groups in total. The highest BCUT2D eigenvalue weighted by Crippen LogP contribution is 2.29. The number of nitrogens with zero attached hydrogens (tertiary/aromatic N) is 2. The molecular weight excluding hydrogens is 248 g/mol. The first-order valence-corrected chi connectivity index (χ1v) is 6.43. The van der Waals surface area contributed by atoms with Crippen molar-refractivity contribution in [3.63, 3.8) is 0 Å². The van der Waals surface area contributed by atoms with E-state index in [4.69, 9.17) is 4.42 Å². The Hall–Kier alpha value is -2.68. The molecule has 98 valence electrons. The van der Waals surface area contributed by atoms with E-state index in [2.05, 4.69) is 16.6 Å².